The van der Waals surface area contributed by atoms with Gasteiger partial charge in [0.05, 0.1) is 0 Å². The Balaban J connectivity index is 1.26. The third-order valence-corrected chi connectivity index (χ3v) is 5.91. The molecule has 5 rings (SSSR count). The van der Waals surface area contributed by atoms with Crippen LogP contribution in [0, 0.1) is 0 Å². The summed E-state index contributed by atoms with van der Waals surface area (Å²) < 4.78 is 5.81. The lowest BCUT2D eigenvalue weighted by Crippen LogP contribution is -2.44. The molecule has 2 heterocycles. The molecule has 5 heteroatoms. The topological polar surface area (TPSA) is 48.7 Å². The van der Waals surface area contributed by atoms with Crippen LogP contribution in [-0.2, 0) is 6.54 Å². The summed E-state index contributed by atoms with van der Waals surface area (Å²) in [6.45, 7) is 4.75. The summed E-state index contributed by atoms with van der Waals surface area (Å²) in [7, 11) is 2.16. The molecule has 1 N–H and O–H groups in total. The van der Waals surface area contributed by atoms with Crippen molar-refractivity contribution in [3.8, 4) is 0 Å². The van der Waals surface area contributed by atoms with Crippen LogP contribution in [0.2, 0.25) is 0 Å². The second-order valence-electron chi connectivity index (χ2n) is 7.95. The Bertz CT molecular complexity index is 1190. The number of nitrogens with one attached hydrogen (secondary N) is 1. The summed E-state index contributed by atoms with van der Waals surface area (Å²) in [5.74, 6) is 0.147. The minimum absolute atomic E-state index is 0.196. The summed E-state index contributed by atoms with van der Waals surface area (Å²) >= 11 is 0. The molecule has 0 bridgehead atoms. The van der Waals surface area contributed by atoms with E-state index in [9.17, 15) is 4.79 Å². The molecule has 1 amide bonds. The van der Waals surface area contributed by atoms with E-state index in [2.05, 4.69) is 58.6 Å². The average Bonchev–Trinajstić information content (AvgIpc) is 3.23. The fourth-order valence-electron chi connectivity index (χ4n) is 4.06. The van der Waals surface area contributed by atoms with Crippen LogP contribution >= 0.6 is 0 Å². The number of amides is 1. The highest BCUT2D eigenvalue weighted by Gasteiger charge is 2.15. The quantitative estimate of drug-likeness (QED) is 0.557. The monoisotopic (exact) mass is 399 g/mol. The first-order valence-corrected chi connectivity index (χ1v) is 10.4. The molecular formula is C25H25N3O2. The molecule has 1 aliphatic rings. The molecule has 0 atom stereocenters. The zero-order chi connectivity index (χ0) is 20.5. The second-order valence-corrected chi connectivity index (χ2v) is 7.95. The van der Waals surface area contributed by atoms with Crippen LogP contribution in [0.5, 0.6) is 0 Å². The summed E-state index contributed by atoms with van der Waals surface area (Å²) in [5, 5.41) is 6.18. The van der Waals surface area contributed by atoms with Crippen molar-refractivity contribution in [1.82, 2.24) is 10.2 Å². The number of carbonyl (C=O) groups excluding carboxylic acids is 1. The molecule has 152 valence electrons. The highest BCUT2D eigenvalue weighted by atomic mass is 16.3. The maximum Gasteiger partial charge on any atom is 0.287 e. The molecule has 1 fully saturated rings. The van der Waals surface area contributed by atoms with E-state index in [1.54, 1.807) is 0 Å². The number of furan rings is 1. The van der Waals surface area contributed by atoms with E-state index in [4.69, 9.17) is 4.42 Å². The molecule has 1 aromatic heterocycles. The molecule has 0 aliphatic carbocycles. The molecule has 1 aliphatic heterocycles. The van der Waals surface area contributed by atoms with Gasteiger partial charge in [0.2, 0.25) is 0 Å². The normalized spacial score (nSPS) is 15.0. The van der Waals surface area contributed by atoms with Crippen LogP contribution in [-0.4, -0.2) is 44.0 Å². The van der Waals surface area contributed by atoms with Crippen molar-refractivity contribution in [2.75, 3.05) is 38.1 Å². The fourth-order valence-corrected chi connectivity index (χ4v) is 4.06. The Morgan fingerprint density at radius 2 is 1.70 bits per heavy atom. The first kappa shape index (κ1) is 18.7. The summed E-state index contributed by atoms with van der Waals surface area (Å²) in [4.78, 5) is 17.4. The van der Waals surface area contributed by atoms with Gasteiger partial charge in [-0.25, -0.2) is 0 Å². The van der Waals surface area contributed by atoms with Crippen LogP contribution in [0.15, 0.2) is 71.1 Å². The lowest BCUT2D eigenvalue weighted by Gasteiger charge is -2.34. The lowest BCUT2D eigenvalue weighted by molar-refractivity contribution is 0.0925. The van der Waals surface area contributed by atoms with Gasteiger partial charge in [-0.05, 0) is 47.6 Å². The molecule has 5 nitrogen and oxygen atoms in total. The number of likely N-dealkylation sites (N-methyl/N-ethyl adjacent to an activating group) is 1. The van der Waals surface area contributed by atoms with Gasteiger partial charge in [-0.1, -0.05) is 42.5 Å². The highest BCUT2D eigenvalue weighted by molar-refractivity contribution is 6.08. The van der Waals surface area contributed by atoms with E-state index in [-0.39, 0.29) is 5.91 Å². The number of carbonyl (C=O) groups is 1. The highest BCUT2D eigenvalue weighted by Crippen LogP contribution is 2.28. The predicted molar refractivity (Wildman–Crippen MR) is 121 cm³/mol. The van der Waals surface area contributed by atoms with Crippen LogP contribution in [0.25, 0.3) is 21.7 Å². The maximum atomic E-state index is 12.7. The number of rotatable bonds is 4. The molecule has 0 radical (unpaired) electrons. The SMILES string of the molecule is CN1CCN(c2ccc(CNC(=O)c3cc4c(ccc5ccccc54)o3)cc2)CC1. The van der Waals surface area contributed by atoms with Crippen LogP contribution < -0.4 is 10.2 Å². The van der Waals surface area contributed by atoms with Crippen molar-refractivity contribution in [3.63, 3.8) is 0 Å². The molecular weight excluding hydrogens is 374 g/mol. The van der Waals surface area contributed by atoms with Gasteiger partial charge >= 0.3 is 0 Å². The van der Waals surface area contributed by atoms with Gasteiger partial charge < -0.3 is 19.5 Å². The molecule has 0 unspecified atom stereocenters. The minimum Gasteiger partial charge on any atom is -0.451 e. The Morgan fingerprint density at radius 1 is 0.933 bits per heavy atom. The lowest BCUT2D eigenvalue weighted by atomic mass is 10.1. The molecule has 4 aromatic rings. The van der Waals surface area contributed by atoms with Gasteiger partial charge in [-0.15, -0.1) is 0 Å². The van der Waals surface area contributed by atoms with Crippen molar-refractivity contribution in [2.45, 2.75) is 6.54 Å². The van der Waals surface area contributed by atoms with Gasteiger partial charge in [-0.3, -0.25) is 4.79 Å². The first-order chi connectivity index (χ1) is 14.7. The van der Waals surface area contributed by atoms with Crippen molar-refractivity contribution in [2.24, 2.45) is 0 Å². The van der Waals surface area contributed by atoms with Crippen LogP contribution in [0.3, 0.4) is 0 Å². The number of benzene rings is 3. The molecule has 0 saturated carbocycles. The molecule has 3 aromatic carbocycles. The fraction of sp³-hybridized carbons (Fsp3) is 0.240. The molecule has 1 saturated heterocycles. The number of fused-ring (bicyclic) bond motifs is 3. The third-order valence-electron chi connectivity index (χ3n) is 5.91. The zero-order valence-electron chi connectivity index (χ0n) is 17.1. The average molecular weight is 399 g/mol. The Labute approximate surface area is 175 Å². The van der Waals surface area contributed by atoms with Crippen molar-refractivity contribution in [3.05, 3.63) is 78.1 Å². The minimum atomic E-state index is -0.196. The van der Waals surface area contributed by atoms with Crippen molar-refractivity contribution in [1.29, 1.82) is 0 Å². The van der Waals surface area contributed by atoms with Gasteiger partial charge in [0.15, 0.2) is 5.76 Å². The number of piperazine rings is 1. The number of hydrogen-bond acceptors (Lipinski definition) is 4. The largest absolute Gasteiger partial charge is 0.451 e. The van der Waals surface area contributed by atoms with Crippen molar-refractivity contribution < 1.29 is 9.21 Å². The third kappa shape index (κ3) is 3.64. The maximum absolute atomic E-state index is 12.7. The Hall–Kier alpha value is -3.31. The standard InChI is InChI=1S/C25H25N3O2/c1-27-12-14-28(15-13-27)20-9-6-18(7-10-20)17-26-25(29)24-16-22-21-5-3-2-4-19(21)8-11-23(22)30-24/h2-11,16H,12-15,17H2,1H3,(H,26,29). The van der Waals surface area contributed by atoms with Gasteiger partial charge in [0, 0.05) is 43.8 Å². The number of hydrogen-bond donors (Lipinski definition) is 1. The van der Waals surface area contributed by atoms with E-state index >= 15 is 0 Å². The van der Waals surface area contributed by atoms with E-state index < -0.39 is 0 Å². The van der Waals surface area contributed by atoms with E-state index in [0.29, 0.717) is 12.3 Å². The van der Waals surface area contributed by atoms with E-state index in [1.165, 1.54) is 5.69 Å². The number of anilines is 1. The van der Waals surface area contributed by atoms with Crippen LogP contribution in [0.4, 0.5) is 5.69 Å². The smallest absolute Gasteiger partial charge is 0.287 e. The van der Waals surface area contributed by atoms with Gasteiger partial charge in [0.1, 0.15) is 5.58 Å². The zero-order valence-corrected chi connectivity index (χ0v) is 17.1. The van der Waals surface area contributed by atoms with Crippen molar-refractivity contribution >= 4 is 33.3 Å². The van der Waals surface area contributed by atoms with Gasteiger partial charge in [-0.2, -0.15) is 0 Å². The van der Waals surface area contributed by atoms with E-state index in [0.717, 1.165) is 53.5 Å². The summed E-state index contributed by atoms with van der Waals surface area (Å²) in [6.07, 6.45) is 0. The molecule has 0 spiro atoms. The predicted octanol–water partition coefficient (Wildman–Crippen LogP) is 4.27. The summed E-state index contributed by atoms with van der Waals surface area (Å²) in [5.41, 5.74) is 3.04. The van der Waals surface area contributed by atoms with E-state index in [1.807, 2.05) is 30.3 Å². The second kappa shape index (κ2) is 7.84. The Morgan fingerprint density at radius 3 is 2.50 bits per heavy atom. The number of nitrogens with zero attached hydrogens (tertiary/aromatic N) is 2. The van der Waals surface area contributed by atoms with Crippen LogP contribution in [0.1, 0.15) is 16.1 Å². The summed E-state index contributed by atoms with van der Waals surface area (Å²) in [6, 6.07) is 22.3. The van der Waals surface area contributed by atoms with Gasteiger partial charge in [0.25, 0.3) is 5.91 Å². The molecule has 30 heavy (non-hydrogen) atoms. The first-order valence-electron chi connectivity index (χ1n) is 10.4. The Kier molecular flexibility index (Phi) is 4.89.